The minimum atomic E-state index is 0.288. The number of hydrogen-bond donors (Lipinski definition) is 2. The number of hydrogen-bond acceptors (Lipinski definition) is 7. The maximum absolute atomic E-state index is 5.78. The van der Waals surface area contributed by atoms with Crippen molar-refractivity contribution in [1.29, 1.82) is 0 Å². The Labute approximate surface area is 113 Å². The van der Waals surface area contributed by atoms with E-state index in [4.69, 9.17) is 5.73 Å². The van der Waals surface area contributed by atoms with E-state index in [0.29, 0.717) is 11.9 Å². The van der Waals surface area contributed by atoms with Gasteiger partial charge in [0.05, 0.1) is 0 Å². The molecular formula is C12H21N7. The fraction of sp³-hybridized carbons (Fsp3) is 0.750. The van der Waals surface area contributed by atoms with Crippen LogP contribution in [0.1, 0.15) is 32.1 Å². The zero-order valence-corrected chi connectivity index (χ0v) is 11.2. The molecule has 2 aliphatic rings. The van der Waals surface area contributed by atoms with Crippen LogP contribution in [0.2, 0.25) is 0 Å². The maximum Gasteiger partial charge on any atom is 0.244 e. The Morgan fingerprint density at radius 2 is 1.53 bits per heavy atom. The Balaban J connectivity index is 1.73. The lowest BCUT2D eigenvalue weighted by Crippen LogP contribution is -2.36. The molecule has 1 aromatic rings. The first-order valence-corrected chi connectivity index (χ1v) is 7.09. The normalized spacial score (nSPS) is 20.7. The minimum Gasteiger partial charge on any atom is -0.368 e. The van der Waals surface area contributed by atoms with Crippen molar-refractivity contribution in [2.45, 2.75) is 32.1 Å². The van der Waals surface area contributed by atoms with Crippen LogP contribution in [-0.4, -0.2) is 46.1 Å². The highest BCUT2D eigenvalue weighted by Crippen LogP contribution is 2.18. The highest BCUT2D eigenvalue weighted by atomic mass is 15.5. The fourth-order valence-corrected chi connectivity index (χ4v) is 2.64. The molecule has 0 spiro atoms. The highest BCUT2D eigenvalue weighted by Gasteiger charge is 2.18. The van der Waals surface area contributed by atoms with Gasteiger partial charge in [0.2, 0.25) is 17.8 Å². The first-order chi connectivity index (χ1) is 9.31. The number of hydrazine groups is 1. The lowest BCUT2D eigenvalue weighted by molar-refractivity contribution is 0.271. The number of piperidine rings is 1. The Kier molecular flexibility index (Phi) is 3.63. The van der Waals surface area contributed by atoms with Crippen LogP contribution in [-0.2, 0) is 0 Å². The van der Waals surface area contributed by atoms with Crippen molar-refractivity contribution in [1.82, 2.24) is 20.0 Å². The minimum absolute atomic E-state index is 0.288. The molecule has 2 saturated heterocycles. The summed E-state index contributed by atoms with van der Waals surface area (Å²) in [4.78, 5) is 15.1. The summed E-state index contributed by atoms with van der Waals surface area (Å²) >= 11 is 0. The average Bonchev–Trinajstić information content (AvgIpc) is 2.93. The van der Waals surface area contributed by atoms with Crippen LogP contribution in [0.15, 0.2) is 0 Å². The number of nitrogens with two attached hydrogens (primary N) is 1. The molecule has 2 fully saturated rings. The Bertz CT molecular complexity index is 424. The summed E-state index contributed by atoms with van der Waals surface area (Å²) < 4.78 is 0. The van der Waals surface area contributed by atoms with Crippen LogP contribution in [0.3, 0.4) is 0 Å². The topological polar surface area (TPSA) is 83.2 Å². The molecule has 0 radical (unpaired) electrons. The van der Waals surface area contributed by atoms with Crippen LogP contribution >= 0.6 is 0 Å². The van der Waals surface area contributed by atoms with E-state index in [2.05, 4.69) is 30.3 Å². The average molecular weight is 263 g/mol. The van der Waals surface area contributed by atoms with E-state index in [1.54, 1.807) is 0 Å². The van der Waals surface area contributed by atoms with Crippen LogP contribution in [0.5, 0.6) is 0 Å². The second-order valence-electron chi connectivity index (χ2n) is 5.17. The van der Waals surface area contributed by atoms with Gasteiger partial charge < -0.3 is 10.6 Å². The van der Waals surface area contributed by atoms with Crippen molar-refractivity contribution >= 4 is 17.8 Å². The van der Waals surface area contributed by atoms with E-state index < -0.39 is 0 Å². The lowest BCUT2D eigenvalue weighted by atomic mass is 10.2. The molecule has 0 saturated carbocycles. The van der Waals surface area contributed by atoms with E-state index in [-0.39, 0.29) is 5.95 Å². The van der Waals surface area contributed by atoms with Gasteiger partial charge in [-0.05, 0) is 25.7 Å². The molecule has 7 heteroatoms. The Morgan fingerprint density at radius 1 is 0.842 bits per heavy atom. The fourth-order valence-electron chi connectivity index (χ4n) is 2.64. The van der Waals surface area contributed by atoms with E-state index in [9.17, 15) is 0 Å². The number of nitrogen functional groups attached to an aromatic ring is 1. The third-order valence-electron chi connectivity index (χ3n) is 3.64. The molecule has 3 heterocycles. The molecule has 1 aromatic heterocycles. The van der Waals surface area contributed by atoms with Gasteiger partial charge in [0.15, 0.2) is 0 Å². The molecule has 104 valence electrons. The first-order valence-electron chi connectivity index (χ1n) is 7.09. The Hall–Kier alpha value is -1.63. The predicted molar refractivity (Wildman–Crippen MR) is 74.7 cm³/mol. The summed E-state index contributed by atoms with van der Waals surface area (Å²) in [5, 5.41) is 2.16. The smallest absolute Gasteiger partial charge is 0.244 e. The number of aromatic nitrogens is 3. The van der Waals surface area contributed by atoms with Crippen molar-refractivity contribution in [2.24, 2.45) is 0 Å². The molecule has 0 atom stereocenters. The van der Waals surface area contributed by atoms with Crippen molar-refractivity contribution in [3.63, 3.8) is 0 Å². The van der Waals surface area contributed by atoms with Gasteiger partial charge in [-0.25, -0.2) is 5.01 Å². The quantitative estimate of drug-likeness (QED) is 0.837. The summed E-state index contributed by atoms with van der Waals surface area (Å²) in [6.45, 7) is 4.08. The zero-order chi connectivity index (χ0) is 13.1. The summed E-state index contributed by atoms with van der Waals surface area (Å²) in [6.07, 6.45) is 6.12. The maximum atomic E-state index is 5.78. The number of anilines is 3. The molecule has 0 bridgehead atoms. The van der Waals surface area contributed by atoms with Gasteiger partial charge in [-0.1, -0.05) is 6.42 Å². The third-order valence-corrected chi connectivity index (χ3v) is 3.64. The van der Waals surface area contributed by atoms with Crippen molar-refractivity contribution in [3.8, 4) is 0 Å². The largest absolute Gasteiger partial charge is 0.368 e. The van der Waals surface area contributed by atoms with E-state index in [0.717, 1.165) is 26.2 Å². The number of nitrogens with zero attached hydrogens (tertiary/aromatic N) is 5. The molecular weight excluding hydrogens is 242 g/mol. The first kappa shape index (κ1) is 12.4. The third kappa shape index (κ3) is 3.04. The van der Waals surface area contributed by atoms with Crippen molar-refractivity contribution < 1.29 is 0 Å². The summed E-state index contributed by atoms with van der Waals surface area (Å²) in [7, 11) is 0. The standard InChI is InChI=1S/C12H21N7/c13-10-14-11(17-19-8-2-1-3-9-19)16-12(15-10)18-6-4-5-7-18/h1-9H2,(H3,13,14,15,16,17). The van der Waals surface area contributed by atoms with Gasteiger partial charge in [-0.15, -0.1) is 0 Å². The van der Waals surface area contributed by atoms with Crippen molar-refractivity contribution in [2.75, 3.05) is 42.2 Å². The van der Waals surface area contributed by atoms with E-state index >= 15 is 0 Å². The second-order valence-corrected chi connectivity index (χ2v) is 5.17. The molecule has 0 aromatic carbocycles. The Morgan fingerprint density at radius 3 is 2.26 bits per heavy atom. The highest BCUT2D eigenvalue weighted by molar-refractivity contribution is 5.42. The summed E-state index contributed by atoms with van der Waals surface area (Å²) in [6, 6.07) is 0. The van der Waals surface area contributed by atoms with Crippen LogP contribution in [0.25, 0.3) is 0 Å². The molecule has 19 heavy (non-hydrogen) atoms. The molecule has 0 aliphatic carbocycles. The van der Waals surface area contributed by atoms with Gasteiger partial charge in [0.25, 0.3) is 0 Å². The number of nitrogens with one attached hydrogen (secondary N) is 1. The predicted octanol–water partition coefficient (Wildman–Crippen LogP) is 0.867. The molecule has 0 unspecified atom stereocenters. The van der Waals surface area contributed by atoms with Gasteiger partial charge in [-0.3, -0.25) is 5.43 Å². The second kappa shape index (κ2) is 5.56. The molecule has 7 nitrogen and oxygen atoms in total. The molecule has 2 aliphatic heterocycles. The SMILES string of the molecule is Nc1nc(NN2CCCCC2)nc(N2CCCC2)n1. The van der Waals surface area contributed by atoms with Gasteiger partial charge in [0, 0.05) is 26.2 Å². The molecule has 3 rings (SSSR count). The van der Waals surface area contributed by atoms with Crippen molar-refractivity contribution in [3.05, 3.63) is 0 Å². The van der Waals surface area contributed by atoms with Crippen LogP contribution in [0, 0.1) is 0 Å². The monoisotopic (exact) mass is 263 g/mol. The van der Waals surface area contributed by atoms with E-state index in [1.165, 1.54) is 32.1 Å². The van der Waals surface area contributed by atoms with Crippen LogP contribution < -0.4 is 16.1 Å². The zero-order valence-electron chi connectivity index (χ0n) is 11.2. The summed E-state index contributed by atoms with van der Waals surface area (Å²) in [5.74, 6) is 1.55. The van der Waals surface area contributed by atoms with Gasteiger partial charge in [0.1, 0.15) is 0 Å². The van der Waals surface area contributed by atoms with Crippen LogP contribution in [0.4, 0.5) is 17.8 Å². The summed E-state index contributed by atoms with van der Waals surface area (Å²) in [5.41, 5.74) is 9.03. The number of rotatable bonds is 3. The lowest BCUT2D eigenvalue weighted by Gasteiger charge is -2.27. The molecule has 0 amide bonds. The van der Waals surface area contributed by atoms with Gasteiger partial charge >= 0.3 is 0 Å². The van der Waals surface area contributed by atoms with E-state index in [1.807, 2.05) is 0 Å². The molecule has 3 N–H and O–H groups in total. The van der Waals surface area contributed by atoms with Gasteiger partial charge in [-0.2, -0.15) is 15.0 Å².